The monoisotopic (exact) mass is 405 g/mol. The number of carboxylic acid groups (broad SMARTS) is 1. The first-order valence-corrected chi connectivity index (χ1v) is 11.0. The molecule has 1 aromatic rings. The molecule has 2 saturated heterocycles. The van der Waals surface area contributed by atoms with Crippen molar-refractivity contribution in [2.75, 3.05) is 32.7 Å². The van der Waals surface area contributed by atoms with Crippen LogP contribution in [0.3, 0.4) is 0 Å². The van der Waals surface area contributed by atoms with Gasteiger partial charge in [-0.05, 0) is 57.1 Å². The minimum absolute atomic E-state index is 0.131. The van der Waals surface area contributed by atoms with Gasteiger partial charge in [-0.2, -0.15) is 5.10 Å². The molecule has 3 N–H and O–H groups in total. The van der Waals surface area contributed by atoms with Crippen LogP contribution >= 0.6 is 0 Å². The van der Waals surface area contributed by atoms with Gasteiger partial charge in [-0.25, -0.2) is 4.79 Å². The van der Waals surface area contributed by atoms with Gasteiger partial charge in [0, 0.05) is 50.0 Å². The Morgan fingerprint density at radius 2 is 1.90 bits per heavy atom. The molecule has 3 aliphatic rings. The average molecular weight is 406 g/mol. The van der Waals surface area contributed by atoms with Crippen LogP contribution in [-0.2, 0) is 4.79 Å². The van der Waals surface area contributed by atoms with Gasteiger partial charge in [-0.3, -0.25) is 9.89 Å². The molecule has 1 unspecified atom stereocenters. The molecule has 8 heteroatoms. The van der Waals surface area contributed by atoms with Gasteiger partial charge in [-0.15, -0.1) is 0 Å². The Kier molecular flexibility index (Phi) is 8.34. The highest BCUT2D eigenvalue weighted by molar-refractivity contribution is 5.74. The fourth-order valence-electron chi connectivity index (χ4n) is 5.10. The van der Waals surface area contributed by atoms with Crippen LogP contribution in [0.25, 0.3) is 0 Å². The summed E-state index contributed by atoms with van der Waals surface area (Å²) in [4.78, 5) is 25.6. The Morgan fingerprint density at radius 3 is 2.55 bits per heavy atom. The third-order valence-electron chi connectivity index (χ3n) is 6.68. The summed E-state index contributed by atoms with van der Waals surface area (Å²) in [5.41, 5.74) is 1.21. The molecule has 8 nitrogen and oxygen atoms in total. The highest BCUT2D eigenvalue weighted by atomic mass is 16.3. The molecule has 1 atom stereocenters. The van der Waals surface area contributed by atoms with Crippen molar-refractivity contribution in [3.63, 3.8) is 0 Å². The summed E-state index contributed by atoms with van der Waals surface area (Å²) in [5.74, 6) is 1.13. The van der Waals surface area contributed by atoms with E-state index < -0.39 is 0 Å². The van der Waals surface area contributed by atoms with Crippen molar-refractivity contribution in [2.24, 2.45) is 5.92 Å². The van der Waals surface area contributed by atoms with Crippen LogP contribution in [0.5, 0.6) is 0 Å². The van der Waals surface area contributed by atoms with Crippen molar-refractivity contribution in [3.8, 4) is 0 Å². The lowest BCUT2D eigenvalue weighted by Crippen LogP contribution is -2.48. The van der Waals surface area contributed by atoms with Crippen LogP contribution in [0.1, 0.15) is 63.0 Å². The molecule has 0 spiro atoms. The number of piperidine rings is 2. The van der Waals surface area contributed by atoms with E-state index in [-0.39, 0.29) is 12.5 Å². The zero-order valence-corrected chi connectivity index (χ0v) is 17.3. The minimum atomic E-state index is -0.250. The molecule has 0 aromatic carbocycles. The quantitative estimate of drug-likeness (QED) is 0.669. The summed E-state index contributed by atoms with van der Waals surface area (Å²) < 4.78 is 0. The summed E-state index contributed by atoms with van der Waals surface area (Å²) in [6.45, 7) is 4.70. The fourth-order valence-corrected chi connectivity index (χ4v) is 5.10. The first-order chi connectivity index (χ1) is 14.2. The molecule has 3 fully saturated rings. The maximum absolute atomic E-state index is 12.6. The lowest BCUT2D eigenvalue weighted by atomic mass is 9.94. The predicted molar refractivity (Wildman–Crippen MR) is 111 cm³/mol. The summed E-state index contributed by atoms with van der Waals surface area (Å²) in [7, 11) is 0. The minimum Gasteiger partial charge on any atom is -0.483 e. The zero-order chi connectivity index (χ0) is 20.5. The standard InChI is InChI=1S/C20H33N5O.CH2O2/c26-20(24-12-8-17(9-13-24)19-7-10-22-23-19)21-14-16-4-3-11-25(15-16)18-5-1-2-6-18;2-1-3/h7,10,16-18H,1-6,8-9,11-15H2,(H,21,26)(H,22,23);1H,(H,2,3). The van der Waals surface area contributed by atoms with Crippen LogP contribution in [0, 0.1) is 5.92 Å². The van der Waals surface area contributed by atoms with Gasteiger partial charge >= 0.3 is 6.03 Å². The van der Waals surface area contributed by atoms with Crippen molar-refractivity contribution in [1.82, 2.24) is 25.3 Å². The first kappa shape index (κ1) is 21.6. The predicted octanol–water partition coefficient (Wildman–Crippen LogP) is 2.65. The molecule has 2 amide bonds. The third kappa shape index (κ3) is 6.19. The Morgan fingerprint density at radius 1 is 1.17 bits per heavy atom. The molecule has 2 aliphatic heterocycles. The molecule has 29 heavy (non-hydrogen) atoms. The van der Waals surface area contributed by atoms with Crippen LogP contribution < -0.4 is 5.32 Å². The van der Waals surface area contributed by atoms with E-state index in [0.717, 1.165) is 38.5 Å². The van der Waals surface area contributed by atoms with E-state index >= 15 is 0 Å². The second-order valence-corrected chi connectivity index (χ2v) is 8.51. The van der Waals surface area contributed by atoms with Crippen molar-refractivity contribution in [3.05, 3.63) is 18.0 Å². The van der Waals surface area contributed by atoms with Crippen molar-refractivity contribution in [1.29, 1.82) is 0 Å². The number of H-pyrrole nitrogens is 1. The molecule has 162 valence electrons. The van der Waals surface area contributed by atoms with E-state index in [1.54, 1.807) is 0 Å². The van der Waals surface area contributed by atoms with E-state index in [1.807, 2.05) is 11.1 Å². The molecule has 1 aromatic heterocycles. The number of amides is 2. The topological polar surface area (TPSA) is 102 Å². The van der Waals surface area contributed by atoms with Crippen LogP contribution in [-0.4, -0.2) is 76.4 Å². The Bertz CT molecular complexity index is 610. The summed E-state index contributed by atoms with van der Waals surface area (Å²) >= 11 is 0. The number of aromatic nitrogens is 2. The van der Waals surface area contributed by atoms with Gasteiger partial charge in [0.25, 0.3) is 6.47 Å². The number of rotatable bonds is 4. The number of hydrogen-bond acceptors (Lipinski definition) is 4. The third-order valence-corrected chi connectivity index (χ3v) is 6.68. The molecule has 1 saturated carbocycles. The van der Waals surface area contributed by atoms with Gasteiger partial charge in [0.15, 0.2) is 0 Å². The average Bonchev–Trinajstić information content (AvgIpc) is 3.47. The van der Waals surface area contributed by atoms with Crippen LogP contribution in [0.15, 0.2) is 12.3 Å². The van der Waals surface area contributed by atoms with Crippen LogP contribution in [0.4, 0.5) is 4.79 Å². The second kappa shape index (κ2) is 11.2. The fraction of sp³-hybridized carbons (Fsp3) is 0.762. The highest BCUT2D eigenvalue weighted by Gasteiger charge is 2.29. The number of urea groups is 1. The van der Waals surface area contributed by atoms with Gasteiger partial charge < -0.3 is 20.2 Å². The van der Waals surface area contributed by atoms with E-state index in [4.69, 9.17) is 9.90 Å². The number of hydrogen-bond donors (Lipinski definition) is 3. The molecule has 0 radical (unpaired) electrons. The largest absolute Gasteiger partial charge is 0.483 e. The number of likely N-dealkylation sites (tertiary alicyclic amines) is 2. The molecule has 4 rings (SSSR count). The van der Waals surface area contributed by atoms with Gasteiger partial charge in [0.1, 0.15) is 0 Å². The van der Waals surface area contributed by atoms with Gasteiger partial charge in [0.05, 0.1) is 0 Å². The Hall–Kier alpha value is -2.09. The number of nitrogens with one attached hydrogen (secondary N) is 2. The summed E-state index contributed by atoms with van der Waals surface area (Å²) in [5, 5.41) is 17.2. The molecule has 3 heterocycles. The lowest BCUT2D eigenvalue weighted by molar-refractivity contribution is -0.122. The lowest BCUT2D eigenvalue weighted by Gasteiger charge is -2.37. The Balaban J connectivity index is 0.000000755. The zero-order valence-electron chi connectivity index (χ0n) is 17.3. The Labute approximate surface area is 173 Å². The van der Waals surface area contributed by atoms with E-state index in [9.17, 15) is 4.79 Å². The van der Waals surface area contributed by atoms with E-state index in [2.05, 4.69) is 26.5 Å². The van der Waals surface area contributed by atoms with Crippen molar-refractivity contribution in [2.45, 2.75) is 63.3 Å². The van der Waals surface area contributed by atoms with E-state index in [0.29, 0.717) is 11.8 Å². The number of carbonyl (C=O) groups excluding carboxylic acids is 1. The van der Waals surface area contributed by atoms with Gasteiger partial charge in [-0.1, -0.05) is 12.8 Å². The SMILES string of the molecule is O=C(NCC1CCCN(C2CCCC2)C1)N1CCC(c2ccn[nH]2)CC1.O=CO. The molecule has 1 aliphatic carbocycles. The number of aromatic amines is 1. The maximum atomic E-state index is 12.6. The van der Waals surface area contributed by atoms with Crippen molar-refractivity contribution < 1.29 is 14.7 Å². The summed E-state index contributed by atoms with van der Waals surface area (Å²) in [6, 6.07) is 3.00. The molecular weight excluding hydrogens is 370 g/mol. The molecule has 0 bridgehead atoms. The molecular formula is C21H35N5O3. The number of nitrogens with zero attached hydrogens (tertiary/aromatic N) is 3. The second-order valence-electron chi connectivity index (χ2n) is 8.51. The normalized spacial score (nSPS) is 24.0. The van der Waals surface area contributed by atoms with E-state index in [1.165, 1.54) is 57.3 Å². The van der Waals surface area contributed by atoms with Crippen LogP contribution in [0.2, 0.25) is 0 Å². The number of carbonyl (C=O) groups is 2. The van der Waals surface area contributed by atoms with Gasteiger partial charge in [0.2, 0.25) is 0 Å². The first-order valence-electron chi connectivity index (χ1n) is 11.0. The highest BCUT2D eigenvalue weighted by Crippen LogP contribution is 2.28. The smallest absolute Gasteiger partial charge is 0.317 e. The van der Waals surface area contributed by atoms with Crippen molar-refractivity contribution >= 4 is 12.5 Å². The summed E-state index contributed by atoms with van der Waals surface area (Å²) in [6.07, 6.45) is 12.0. The maximum Gasteiger partial charge on any atom is 0.317 e.